The van der Waals surface area contributed by atoms with Gasteiger partial charge in [0, 0.05) is 5.92 Å². The second kappa shape index (κ2) is 7.50. The quantitative estimate of drug-likeness (QED) is 0.808. The molecule has 3 rings (SSSR count). The Morgan fingerprint density at radius 1 is 1.12 bits per heavy atom. The molecule has 0 bridgehead atoms. The average molecular weight is 363 g/mol. The molecule has 0 aliphatic carbocycles. The highest BCUT2D eigenvalue weighted by Crippen LogP contribution is 2.39. The van der Waals surface area contributed by atoms with E-state index in [1.54, 1.807) is 37.3 Å². The summed E-state index contributed by atoms with van der Waals surface area (Å²) in [7, 11) is 0. The molecule has 0 saturated carbocycles. The molecule has 1 amide bonds. The first-order chi connectivity index (χ1) is 12.4. The largest absolute Gasteiger partial charge is 0.433 e. The van der Waals surface area contributed by atoms with Crippen LogP contribution in [0.2, 0.25) is 0 Å². The minimum Gasteiger partial charge on any atom is -0.347 e. The molecule has 0 radical (unpaired) electrons. The van der Waals surface area contributed by atoms with Crippen molar-refractivity contribution >= 4 is 5.91 Å². The molecule has 2 aromatic rings. The van der Waals surface area contributed by atoms with E-state index in [1.807, 2.05) is 30.3 Å². The number of hydrogen-bond acceptors (Lipinski definition) is 2. The number of rotatable bonds is 4. The first kappa shape index (κ1) is 18.5. The number of ether oxygens (including phenoxy) is 1. The molecule has 0 N–H and O–H groups in total. The molecule has 3 atom stereocenters. The minimum atomic E-state index is -4.63. The molecule has 3 nitrogen and oxygen atoms in total. The van der Waals surface area contributed by atoms with Gasteiger partial charge in [-0.15, -0.1) is 0 Å². The van der Waals surface area contributed by atoms with Gasteiger partial charge in [-0.25, -0.2) is 0 Å². The monoisotopic (exact) mass is 363 g/mol. The van der Waals surface area contributed by atoms with E-state index in [4.69, 9.17) is 4.74 Å². The van der Waals surface area contributed by atoms with Crippen molar-refractivity contribution < 1.29 is 22.7 Å². The summed E-state index contributed by atoms with van der Waals surface area (Å²) in [5, 5.41) is 0. The van der Waals surface area contributed by atoms with Gasteiger partial charge < -0.3 is 4.74 Å². The average Bonchev–Trinajstić information content (AvgIpc) is 3.08. The molecule has 0 unspecified atom stereocenters. The third-order valence-electron chi connectivity index (χ3n) is 4.53. The summed E-state index contributed by atoms with van der Waals surface area (Å²) in [5.41, 5.74) is 1.55. The molecule has 1 aliphatic heterocycles. The fraction of sp³-hybridized carbons (Fsp3) is 0.350. The summed E-state index contributed by atoms with van der Waals surface area (Å²) in [6.45, 7) is 1.49. The first-order valence-electron chi connectivity index (χ1n) is 8.47. The first-order valence-corrected chi connectivity index (χ1v) is 8.47. The Kier molecular flexibility index (Phi) is 5.32. The van der Waals surface area contributed by atoms with Crippen LogP contribution in [0.4, 0.5) is 13.2 Å². The van der Waals surface area contributed by atoms with Crippen LogP contribution in [0.15, 0.2) is 60.7 Å². The Balaban J connectivity index is 1.86. The van der Waals surface area contributed by atoms with Gasteiger partial charge >= 0.3 is 6.18 Å². The van der Waals surface area contributed by atoms with Gasteiger partial charge in [0.2, 0.25) is 12.1 Å². The summed E-state index contributed by atoms with van der Waals surface area (Å²) in [6, 6.07) is 17.2. The van der Waals surface area contributed by atoms with Crippen LogP contribution in [0.5, 0.6) is 0 Å². The van der Waals surface area contributed by atoms with Gasteiger partial charge in [0.05, 0.1) is 12.6 Å². The van der Waals surface area contributed by atoms with Crippen LogP contribution in [0.25, 0.3) is 0 Å². The Bertz CT molecular complexity index is 734. The predicted molar refractivity (Wildman–Crippen MR) is 91.1 cm³/mol. The van der Waals surface area contributed by atoms with E-state index in [2.05, 4.69) is 0 Å². The van der Waals surface area contributed by atoms with Gasteiger partial charge in [0.1, 0.15) is 0 Å². The van der Waals surface area contributed by atoms with Crippen molar-refractivity contribution in [2.75, 3.05) is 6.61 Å². The molecule has 1 heterocycles. The highest BCUT2D eigenvalue weighted by atomic mass is 19.4. The summed E-state index contributed by atoms with van der Waals surface area (Å²) in [6.07, 6.45) is -6.47. The molecule has 1 aliphatic rings. The molecule has 2 aromatic carbocycles. The van der Waals surface area contributed by atoms with Gasteiger partial charge in [-0.05, 0) is 17.5 Å². The van der Waals surface area contributed by atoms with Crippen molar-refractivity contribution in [1.82, 2.24) is 4.90 Å². The molecular formula is C20H20F3NO2. The van der Waals surface area contributed by atoms with Gasteiger partial charge in [-0.1, -0.05) is 67.6 Å². The van der Waals surface area contributed by atoms with E-state index in [1.165, 1.54) is 0 Å². The van der Waals surface area contributed by atoms with Gasteiger partial charge in [0.15, 0.2) is 0 Å². The van der Waals surface area contributed by atoms with Crippen LogP contribution in [0.1, 0.15) is 24.1 Å². The lowest BCUT2D eigenvalue weighted by Crippen LogP contribution is -2.48. The smallest absolute Gasteiger partial charge is 0.347 e. The van der Waals surface area contributed by atoms with Crippen molar-refractivity contribution in [1.29, 1.82) is 0 Å². The number of hydrogen-bond donors (Lipinski definition) is 0. The predicted octanol–water partition coefficient (Wildman–Crippen LogP) is 4.35. The number of benzene rings is 2. The van der Waals surface area contributed by atoms with Crippen molar-refractivity contribution in [3.8, 4) is 0 Å². The summed E-state index contributed by atoms with van der Waals surface area (Å²) in [4.78, 5) is 13.8. The molecule has 0 aromatic heterocycles. The summed E-state index contributed by atoms with van der Waals surface area (Å²) < 4.78 is 45.3. The third kappa shape index (κ3) is 3.90. The number of alkyl halides is 3. The molecule has 0 spiro atoms. The van der Waals surface area contributed by atoms with Crippen LogP contribution >= 0.6 is 0 Å². The second-order valence-corrected chi connectivity index (χ2v) is 6.49. The van der Waals surface area contributed by atoms with Crippen LogP contribution in [-0.4, -0.2) is 29.8 Å². The molecule has 6 heteroatoms. The molecule has 1 fully saturated rings. The van der Waals surface area contributed by atoms with Gasteiger partial charge in [-0.3, -0.25) is 9.69 Å². The molecular weight excluding hydrogens is 343 g/mol. The maximum atomic E-state index is 13.4. The van der Waals surface area contributed by atoms with Gasteiger partial charge in [0.25, 0.3) is 0 Å². The van der Waals surface area contributed by atoms with Crippen molar-refractivity contribution in [3.63, 3.8) is 0 Å². The normalized spacial score (nSPS) is 21.6. The van der Waals surface area contributed by atoms with E-state index < -0.39 is 30.3 Å². The van der Waals surface area contributed by atoms with Crippen LogP contribution in [0, 0.1) is 5.92 Å². The Morgan fingerprint density at radius 2 is 1.69 bits per heavy atom. The zero-order valence-corrected chi connectivity index (χ0v) is 14.3. The topological polar surface area (TPSA) is 29.5 Å². The number of nitrogens with zero attached hydrogens (tertiary/aromatic N) is 1. The molecule has 138 valence electrons. The number of carbonyl (C=O) groups excluding carboxylic acids is 1. The van der Waals surface area contributed by atoms with E-state index in [0.717, 1.165) is 10.5 Å². The SMILES string of the molecule is C[C@@H](Cc1ccccc1)C(=O)N1[C@H](c2ccccc2)CO[C@@H]1C(F)(F)F. The fourth-order valence-electron chi connectivity index (χ4n) is 3.27. The van der Waals surface area contributed by atoms with Crippen LogP contribution < -0.4 is 0 Å². The lowest BCUT2D eigenvalue weighted by atomic mass is 9.98. The Morgan fingerprint density at radius 3 is 2.27 bits per heavy atom. The second-order valence-electron chi connectivity index (χ2n) is 6.49. The highest BCUT2D eigenvalue weighted by Gasteiger charge is 2.53. The standard InChI is InChI=1S/C20H20F3NO2/c1-14(12-15-8-4-2-5-9-15)18(25)24-17(16-10-6-3-7-11-16)13-26-19(24)20(21,22)23/h2-11,14,17,19H,12-13H2,1H3/t14-,17-,19+/m0/s1. The summed E-state index contributed by atoms with van der Waals surface area (Å²) in [5.74, 6) is -1.14. The Labute approximate surface area is 150 Å². The number of amides is 1. The van der Waals surface area contributed by atoms with Crippen LogP contribution in [0.3, 0.4) is 0 Å². The van der Waals surface area contributed by atoms with Gasteiger partial charge in [-0.2, -0.15) is 13.2 Å². The van der Waals surface area contributed by atoms with Crippen molar-refractivity contribution in [2.45, 2.75) is 31.8 Å². The van der Waals surface area contributed by atoms with E-state index in [0.29, 0.717) is 12.0 Å². The number of carbonyl (C=O) groups is 1. The molecule has 26 heavy (non-hydrogen) atoms. The molecule has 1 saturated heterocycles. The van der Waals surface area contributed by atoms with Crippen LogP contribution in [-0.2, 0) is 16.0 Å². The van der Waals surface area contributed by atoms with E-state index in [9.17, 15) is 18.0 Å². The highest BCUT2D eigenvalue weighted by molar-refractivity contribution is 5.80. The Hall–Kier alpha value is -2.34. The number of halogens is 3. The lowest BCUT2D eigenvalue weighted by Gasteiger charge is -2.31. The van der Waals surface area contributed by atoms with E-state index >= 15 is 0 Å². The summed E-state index contributed by atoms with van der Waals surface area (Å²) >= 11 is 0. The van der Waals surface area contributed by atoms with E-state index in [-0.39, 0.29) is 6.61 Å². The third-order valence-corrected chi connectivity index (χ3v) is 4.53. The maximum absolute atomic E-state index is 13.4. The zero-order valence-electron chi connectivity index (χ0n) is 14.3. The minimum absolute atomic E-state index is 0.169. The maximum Gasteiger partial charge on any atom is 0.433 e. The zero-order chi connectivity index (χ0) is 18.7. The van der Waals surface area contributed by atoms with Crippen molar-refractivity contribution in [2.24, 2.45) is 5.92 Å². The van der Waals surface area contributed by atoms with Crippen molar-refractivity contribution in [3.05, 3.63) is 71.8 Å². The fourth-order valence-corrected chi connectivity index (χ4v) is 3.27. The lowest BCUT2D eigenvalue weighted by molar-refractivity contribution is -0.240.